The quantitative estimate of drug-likeness (QED) is 0.0972. The maximum Gasteiger partial charge on any atom is 0.296 e. The van der Waals surface area contributed by atoms with E-state index >= 15 is 0 Å². The lowest BCUT2D eigenvalue weighted by Crippen LogP contribution is -2.33. The summed E-state index contributed by atoms with van der Waals surface area (Å²) in [5, 5.41) is 11.9. The number of anilines is 2. The molecule has 2 aliphatic carbocycles. The Morgan fingerprint density at radius 3 is 1.84 bits per heavy atom. The number of nitrogens with one attached hydrogen (secondary N) is 1. The lowest BCUT2D eigenvalue weighted by atomic mass is 9.96. The molecule has 3 aliphatic rings. The molecule has 0 saturated carbocycles. The Balaban J connectivity index is 1.36. The molecule has 316 valence electrons. The van der Waals surface area contributed by atoms with Gasteiger partial charge in [-0.25, -0.2) is 13.4 Å². The Morgan fingerprint density at radius 1 is 0.613 bits per heavy atom. The SMILES string of the molecule is O=C1c2ccccc2C(=O)C1CCS(=O)(=O)c1ccc(Nc2cc(S(=O)(=O)O)c3nc(=O)c(=C(O)c4cccc(S(=O)(=O)O)c4)c4c5ccccc5c(=O)c2c3=4)c(S(=O)(=O)O)c1. The van der Waals surface area contributed by atoms with Crippen LogP contribution >= 0.6 is 0 Å². The van der Waals surface area contributed by atoms with E-state index in [2.05, 4.69) is 10.3 Å². The van der Waals surface area contributed by atoms with Crippen LogP contribution in [-0.4, -0.2) is 74.7 Å². The van der Waals surface area contributed by atoms with Crippen LogP contribution < -0.4 is 21.5 Å². The van der Waals surface area contributed by atoms with Gasteiger partial charge >= 0.3 is 0 Å². The highest BCUT2D eigenvalue weighted by atomic mass is 32.2. The molecule has 0 aromatic heterocycles. The van der Waals surface area contributed by atoms with E-state index in [1.165, 1.54) is 48.5 Å². The minimum absolute atomic E-state index is 0.0708. The first-order valence-corrected chi connectivity index (χ1v) is 23.7. The average Bonchev–Trinajstić information content (AvgIpc) is 3.45. The van der Waals surface area contributed by atoms with Crippen molar-refractivity contribution in [3.63, 3.8) is 0 Å². The number of aliphatic hydroxyl groups excluding tert-OH is 1. The van der Waals surface area contributed by atoms with E-state index in [4.69, 9.17) is 0 Å². The van der Waals surface area contributed by atoms with E-state index in [-0.39, 0.29) is 32.7 Å². The predicted molar refractivity (Wildman–Crippen MR) is 220 cm³/mol. The van der Waals surface area contributed by atoms with Crippen molar-refractivity contribution in [2.24, 2.45) is 5.92 Å². The molecule has 0 fully saturated rings. The van der Waals surface area contributed by atoms with Gasteiger partial charge < -0.3 is 10.4 Å². The number of carbonyl (C=O) groups is 2. The molecule has 0 unspecified atom stereocenters. The summed E-state index contributed by atoms with van der Waals surface area (Å²) in [4.78, 5) is 54.3. The van der Waals surface area contributed by atoms with Crippen molar-refractivity contribution in [2.45, 2.75) is 26.0 Å². The van der Waals surface area contributed by atoms with Gasteiger partial charge in [0.2, 0.25) is 0 Å². The highest BCUT2D eigenvalue weighted by Gasteiger charge is 2.39. The van der Waals surface area contributed by atoms with Gasteiger partial charge in [-0.1, -0.05) is 60.7 Å². The molecule has 22 heteroatoms. The summed E-state index contributed by atoms with van der Waals surface area (Å²) in [6, 6.07) is 18.4. The molecule has 5 aromatic carbocycles. The zero-order valence-electron chi connectivity index (χ0n) is 31.0. The van der Waals surface area contributed by atoms with E-state index in [1.54, 1.807) is 0 Å². The second-order valence-corrected chi connectivity index (χ2v) is 20.4. The number of aliphatic hydroxyl groups is 1. The number of aromatic nitrogens is 1. The van der Waals surface area contributed by atoms with Crippen molar-refractivity contribution in [3.8, 4) is 0 Å². The number of nitrogens with zero attached hydrogens (tertiary/aromatic N) is 1. The number of fused-ring (bicyclic) bond motifs is 3. The highest BCUT2D eigenvalue weighted by molar-refractivity contribution is 7.91. The fourth-order valence-electron chi connectivity index (χ4n) is 7.61. The van der Waals surface area contributed by atoms with Crippen molar-refractivity contribution in [3.05, 3.63) is 150 Å². The first-order valence-electron chi connectivity index (χ1n) is 17.8. The molecule has 0 atom stereocenters. The third-order valence-electron chi connectivity index (χ3n) is 10.4. The van der Waals surface area contributed by atoms with Gasteiger partial charge in [0.15, 0.2) is 26.8 Å². The second-order valence-electron chi connectivity index (χ2n) is 14.1. The predicted octanol–water partition coefficient (Wildman–Crippen LogP) is 3.05. The second kappa shape index (κ2) is 14.5. The molecule has 0 amide bonds. The molecule has 0 saturated heterocycles. The van der Waals surface area contributed by atoms with Crippen LogP contribution in [0, 0.1) is 16.4 Å². The van der Waals surface area contributed by atoms with Crippen molar-refractivity contribution < 1.29 is 62.0 Å². The summed E-state index contributed by atoms with van der Waals surface area (Å²) < 4.78 is 133. The summed E-state index contributed by atoms with van der Waals surface area (Å²) in [5.41, 5.74) is -4.33. The Labute approximate surface area is 349 Å². The third-order valence-corrected chi connectivity index (χ3v) is 14.8. The van der Waals surface area contributed by atoms with E-state index in [0.717, 1.165) is 36.4 Å². The molecule has 1 aliphatic heterocycles. The number of sulfone groups is 1. The number of benzene rings is 5. The number of rotatable bonds is 10. The smallest absolute Gasteiger partial charge is 0.296 e. The first-order chi connectivity index (χ1) is 29.0. The van der Waals surface area contributed by atoms with Crippen LogP contribution in [0.25, 0.3) is 27.4 Å². The van der Waals surface area contributed by atoms with Crippen molar-refractivity contribution in [2.75, 3.05) is 11.1 Å². The zero-order valence-corrected chi connectivity index (χ0v) is 34.3. The van der Waals surface area contributed by atoms with Gasteiger partial charge in [0.25, 0.3) is 35.9 Å². The molecule has 8 rings (SSSR count). The molecule has 0 spiro atoms. The van der Waals surface area contributed by atoms with E-state index in [9.17, 15) is 71.6 Å². The van der Waals surface area contributed by atoms with Crippen LogP contribution in [0.2, 0.25) is 0 Å². The monoisotopic (exact) mass is 918 g/mol. The molecular weight excluding hydrogens is 893 g/mol. The van der Waals surface area contributed by atoms with Crippen LogP contribution in [-0.2, 0) is 40.2 Å². The lowest BCUT2D eigenvalue weighted by molar-refractivity contribution is 0.0836. The van der Waals surface area contributed by atoms with Crippen LogP contribution in [0.5, 0.6) is 0 Å². The average molecular weight is 919 g/mol. The lowest BCUT2D eigenvalue weighted by Gasteiger charge is -2.17. The standard InChI is InChI=1S/C40H26N2O16S4/c43-36(19-6-5-7-21(16-19)60(50,51)52)34-31-22-8-1-2-9-23(22)39(46)32-28(18-30(62(56,57)58)35(33(31)32)42-40(34)47)41-27-13-12-20(17-29(27)61(53,54)55)59(48,49)15-14-26-37(44)24-10-3-4-11-25(24)38(26)45/h1-13,16-18,26,41,43H,14-15H2,(H,50,51,52)(H,53,54,55)(H,56,57,58). The zero-order chi connectivity index (χ0) is 44.8. The van der Waals surface area contributed by atoms with Gasteiger partial charge in [-0.2, -0.15) is 25.3 Å². The fraction of sp³-hybridized carbons (Fsp3) is 0.0750. The largest absolute Gasteiger partial charge is 0.506 e. The number of ketones is 2. The number of carbonyl (C=O) groups excluding carboxylic acids is 2. The Hall–Kier alpha value is -6.53. The molecule has 5 aromatic rings. The fourth-order valence-corrected chi connectivity index (χ4v) is 10.9. The number of Topliss-reactive ketones (excluding diaryl/α,β-unsaturated/α-hetero) is 2. The van der Waals surface area contributed by atoms with Crippen LogP contribution in [0.15, 0.2) is 126 Å². The van der Waals surface area contributed by atoms with E-state index in [0.29, 0.717) is 12.1 Å². The molecular formula is C40H26N2O16S4. The van der Waals surface area contributed by atoms with Gasteiger partial charge in [-0.3, -0.25) is 32.8 Å². The molecule has 62 heavy (non-hydrogen) atoms. The van der Waals surface area contributed by atoms with Gasteiger partial charge in [0.1, 0.15) is 15.6 Å². The van der Waals surface area contributed by atoms with Crippen LogP contribution in [0.4, 0.5) is 11.4 Å². The molecule has 0 radical (unpaired) electrons. The van der Waals surface area contributed by atoms with Crippen molar-refractivity contribution >= 4 is 90.6 Å². The minimum Gasteiger partial charge on any atom is -0.506 e. The van der Waals surface area contributed by atoms with E-state index in [1.807, 2.05) is 0 Å². The molecule has 18 nitrogen and oxygen atoms in total. The minimum atomic E-state index is -5.40. The number of hydrogen-bond acceptors (Lipinski definition) is 15. The van der Waals surface area contributed by atoms with Gasteiger partial charge in [0.05, 0.1) is 49.0 Å². The summed E-state index contributed by atoms with van der Waals surface area (Å²) in [7, 11) is -20.1. The summed E-state index contributed by atoms with van der Waals surface area (Å²) in [6.07, 6.45) is -0.472. The Kier molecular flexibility index (Phi) is 9.89. The maximum atomic E-state index is 14.4. The molecule has 5 N–H and O–H groups in total. The van der Waals surface area contributed by atoms with Gasteiger partial charge in [-0.15, -0.1) is 0 Å². The topological polar surface area (TPSA) is 311 Å². The van der Waals surface area contributed by atoms with Crippen LogP contribution in [0.1, 0.15) is 32.7 Å². The van der Waals surface area contributed by atoms with Gasteiger partial charge in [-0.05, 0) is 48.2 Å². The molecule has 0 bridgehead atoms. The first kappa shape index (κ1) is 42.2. The number of hydrogen-bond donors (Lipinski definition) is 5. The molecule has 1 heterocycles. The van der Waals surface area contributed by atoms with Crippen molar-refractivity contribution in [1.82, 2.24) is 4.98 Å². The summed E-state index contributed by atoms with van der Waals surface area (Å²) >= 11 is 0. The summed E-state index contributed by atoms with van der Waals surface area (Å²) in [6.45, 7) is 0. The van der Waals surface area contributed by atoms with Crippen molar-refractivity contribution in [1.29, 1.82) is 0 Å². The van der Waals surface area contributed by atoms with Gasteiger partial charge in [0, 0.05) is 32.5 Å². The highest BCUT2D eigenvalue weighted by Crippen LogP contribution is 2.35. The Morgan fingerprint density at radius 2 is 1.23 bits per heavy atom. The normalized spacial score (nSPS) is 14.5. The Bertz CT molecular complexity index is 3840. The third kappa shape index (κ3) is 7.05. The van der Waals surface area contributed by atoms with E-state index < -0.39 is 139 Å². The summed E-state index contributed by atoms with van der Waals surface area (Å²) in [5.74, 6) is -4.26. The van der Waals surface area contributed by atoms with Crippen LogP contribution in [0.3, 0.4) is 0 Å². The maximum absolute atomic E-state index is 14.4.